The molecular formula is C13H19ClN4O. The molecule has 6 heteroatoms. The zero-order valence-electron chi connectivity index (χ0n) is 11.0. The second-order valence-electron chi connectivity index (χ2n) is 4.77. The third-order valence-electron chi connectivity index (χ3n) is 3.28. The molecule has 1 amide bonds. The summed E-state index contributed by atoms with van der Waals surface area (Å²) in [6.45, 7) is 2.29. The SMILES string of the molecule is CNC1CCCN(CC(=O)Nc2ccc(Cl)cn2)C1. The lowest BCUT2D eigenvalue weighted by molar-refractivity contribution is -0.117. The molecule has 1 saturated heterocycles. The second kappa shape index (κ2) is 6.84. The van der Waals surface area contributed by atoms with Gasteiger partial charge in [-0.1, -0.05) is 11.6 Å². The van der Waals surface area contributed by atoms with Gasteiger partial charge in [-0.2, -0.15) is 0 Å². The summed E-state index contributed by atoms with van der Waals surface area (Å²) in [7, 11) is 1.96. The van der Waals surface area contributed by atoms with Crippen molar-refractivity contribution in [2.45, 2.75) is 18.9 Å². The molecule has 19 heavy (non-hydrogen) atoms. The Hall–Kier alpha value is -1.17. The van der Waals surface area contributed by atoms with E-state index in [2.05, 4.69) is 20.5 Å². The molecule has 5 nitrogen and oxygen atoms in total. The first-order chi connectivity index (χ1) is 9.17. The first-order valence-electron chi connectivity index (χ1n) is 6.48. The van der Waals surface area contributed by atoms with Crippen LogP contribution >= 0.6 is 11.6 Å². The van der Waals surface area contributed by atoms with Crippen molar-refractivity contribution in [1.82, 2.24) is 15.2 Å². The van der Waals surface area contributed by atoms with Gasteiger partial charge in [-0.25, -0.2) is 4.98 Å². The normalized spacial score (nSPS) is 20.2. The van der Waals surface area contributed by atoms with Crippen molar-refractivity contribution in [3.8, 4) is 0 Å². The predicted octanol–water partition coefficient (Wildman–Crippen LogP) is 1.36. The molecule has 1 aromatic rings. The molecule has 2 heterocycles. The van der Waals surface area contributed by atoms with Gasteiger partial charge in [0.15, 0.2) is 0 Å². The first-order valence-corrected chi connectivity index (χ1v) is 6.86. The number of likely N-dealkylation sites (tertiary alicyclic amines) is 1. The zero-order valence-corrected chi connectivity index (χ0v) is 11.8. The molecule has 0 saturated carbocycles. The molecule has 1 aliphatic heterocycles. The van der Waals surface area contributed by atoms with Gasteiger partial charge in [0.1, 0.15) is 5.82 Å². The zero-order chi connectivity index (χ0) is 13.7. The van der Waals surface area contributed by atoms with Crippen LogP contribution in [0, 0.1) is 0 Å². The summed E-state index contributed by atoms with van der Waals surface area (Å²) in [6.07, 6.45) is 3.82. The fraction of sp³-hybridized carbons (Fsp3) is 0.538. The Bertz CT molecular complexity index is 423. The predicted molar refractivity (Wildman–Crippen MR) is 76.4 cm³/mol. The van der Waals surface area contributed by atoms with E-state index in [1.165, 1.54) is 12.6 Å². The number of carbonyl (C=O) groups excluding carboxylic acids is 1. The molecule has 2 N–H and O–H groups in total. The van der Waals surface area contributed by atoms with Crippen molar-refractivity contribution in [3.05, 3.63) is 23.4 Å². The highest BCUT2D eigenvalue weighted by Crippen LogP contribution is 2.11. The van der Waals surface area contributed by atoms with Crippen molar-refractivity contribution in [2.24, 2.45) is 0 Å². The summed E-state index contributed by atoms with van der Waals surface area (Å²) in [6, 6.07) is 3.89. The molecule has 0 spiro atoms. The van der Waals surface area contributed by atoms with Gasteiger partial charge in [-0.05, 0) is 38.6 Å². The Balaban J connectivity index is 1.82. The molecule has 1 aliphatic rings. The van der Waals surface area contributed by atoms with Crippen molar-refractivity contribution in [2.75, 3.05) is 32.0 Å². The Kier molecular flexibility index (Phi) is 5.13. The van der Waals surface area contributed by atoms with Crippen molar-refractivity contribution < 1.29 is 4.79 Å². The number of carbonyl (C=O) groups is 1. The molecule has 104 valence electrons. The van der Waals surface area contributed by atoms with Crippen LogP contribution < -0.4 is 10.6 Å². The molecule has 1 atom stereocenters. The van der Waals surface area contributed by atoms with E-state index in [0.717, 1.165) is 19.5 Å². The minimum atomic E-state index is -0.0356. The van der Waals surface area contributed by atoms with Gasteiger partial charge >= 0.3 is 0 Å². The summed E-state index contributed by atoms with van der Waals surface area (Å²) >= 11 is 5.75. The average Bonchev–Trinajstić information content (AvgIpc) is 2.41. The van der Waals surface area contributed by atoms with Crippen LogP contribution in [0.1, 0.15) is 12.8 Å². The molecule has 0 aliphatic carbocycles. The van der Waals surface area contributed by atoms with Crippen LogP contribution in [-0.4, -0.2) is 48.5 Å². The lowest BCUT2D eigenvalue weighted by atomic mass is 10.1. The fourth-order valence-corrected chi connectivity index (χ4v) is 2.38. The number of hydrogen-bond acceptors (Lipinski definition) is 4. The van der Waals surface area contributed by atoms with Crippen molar-refractivity contribution >= 4 is 23.3 Å². The number of amides is 1. The summed E-state index contributed by atoms with van der Waals surface area (Å²) in [4.78, 5) is 18.1. The van der Waals surface area contributed by atoms with Crippen LogP contribution in [0.2, 0.25) is 5.02 Å². The third-order valence-corrected chi connectivity index (χ3v) is 3.50. The van der Waals surface area contributed by atoms with Gasteiger partial charge < -0.3 is 10.6 Å². The number of likely N-dealkylation sites (N-methyl/N-ethyl adjacent to an activating group) is 1. The average molecular weight is 283 g/mol. The first kappa shape index (κ1) is 14.2. The van der Waals surface area contributed by atoms with Gasteiger partial charge in [-0.15, -0.1) is 0 Å². The summed E-state index contributed by atoms with van der Waals surface area (Å²) in [5.41, 5.74) is 0. The van der Waals surface area contributed by atoms with Gasteiger partial charge in [0.25, 0.3) is 0 Å². The number of nitrogens with zero attached hydrogens (tertiary/aromatic N) is 2. The molecule has 0 aromatic carbocycles. The number of aromatic nitrogens is 1. The Morgan fingerprint density at radius 2 is 2.42 bits per heavy atom. The second-order valence-corrected chi connectivity index (χ2v) is 5.21. The van der Waals surface area contributed by atoms with Crippen LogP contribution in [0.3, 0.4) is 0 Å². The minimum Gasteiger partial charge on any atom is -0.316 e. The van der Waals surface area contributed by atoms with E-state index in [1.807, 2.05) is 7.05 Å². The van der Waals surface area contributed by atoms with Gasteiger partial charge in [0.05, 0.1) is 11.6 Å². The quantitative estimate of drug-likeness (QED) is 0.875. The number of pyridine rings is 1. The Morgan fingerprint density at radius 3 is 3.11 bits per heavy atom. The third kappa shape index (κ3) is 4.45. The highest BCUT2D eigenvalue weighted by Gasteiger charge is 2.20. The molecule has 1 fully saturated rings. The maximum Gasteiger partial charge on any atom is 0.239 e. The van der Waals surface area contributed by atoms with E-state index < -0.39 is 0 Å². The molecule has 1 unspecified atom stereocenters. The Labute approximate surface area is 118 Å². The van der Waals surface area contributed by atoms with E-state index in [4.69, 9.17) is 11.6 Å². The van der Waals surface area contributed by atoms with Crippen LogP contribution in [0.25, 0.3) is 0 Å². The standard InChI is InChI=1S/C13H19ClN4O/c1-15-11-3-2-6-18(8-11)9-13(19)17-12-5-4-10(14)7-16-12/h4-5,7,11,15H,2-3,6,8-9H2,1H3,(H,16,17,19). The topological polar surface area (TPSA) is 57.3 Å². The molecular weight excluding hydrogens is 264 g/mol. The number of hydrogen-bond donors (Lipinski definition) is 2. The van der Waals surface area contributed by atoms with Gasteiger partial charge in [0, 0.05) is 18.8 Å². The molecule has 2 rings (SSSR count). The van der Waals surface area contributed by atoms with E-state index in [-0.39, 0.29) is 5.91 Å². The Morgan fingerprint density at radius 1 is 1.58 bits per heavy atom. The van der Waals surface area contributed by atoms with E-state index in [9.17, 15) is 4.79 Å². The number of piperidine rings is 1. The highest BCUT2D eigenvalue weighted by atomic mass is 35.5. The van der Waals surface area contributed by atoms with Gasteiger partial charge in [-0.3, -0.25) is 9.69 Å². The lowest BCUT2D eigenvalue weighted by Gasteiger charge is -2.31. The number of anilines is 1. The summed E-state index contributed by atoms with van der Waals surface area (Å²) < 4.78 is 0. The van der Waals surface area contributed by atoms with Crippen LogP contribution in [0.15, 0.2) is 18.3 Å². The number of halogens is 1. The van der Waals surface area contributed by atoms with Crippen LogP contribution in [-0.2, 0) is 4.79 Å². The highest BCUT2D eigenvalue weighted by molar-refractivity contribution is 6.30. The smallest absolute Gasteiger partial charge is 0.239 e. The lowest BCUT2D eigenvalue weighted by Crippen LogP contribution is -2.46. The van der Waals surface area contributed by atoms with Gasteiger partial charge in [0.2, 0.25) is 5.91 Å². The molecule has 1 aromatic heterocycles. The maximum absolute atomic E-state index is 11.9. The van der Waals surface area contributed by atoms with Crippen molar-refractivity contribution in [3.63, 3.8) is 0 Å². The number of nitrogens with one attached hydrogen (secondary N) is 2. The van der Waals surface area contributed by atoms with Crippen molar-refractivity contribution in [1.29, 1.82) is 0 Å². The van der Waals surface area contributed by atoms with Crippen LogP contribution in [0.5, 0.6) is 0 Å². The summed E-state index contributed by atoms with van der Waals surface area (Å²) in [5, 5.41) is 6.60. The van der Waals surface area contributed by atoms with E-state index in [1.54, 1.807) is 12.1 Å². The fourth-order valence-electron chi connectivity index (χ4n) is 2.27. The maximum atomic E-state index is 11.9. The molecule has 0 bridgehead atoms. The van der Waals surface area contributed by atoms with Crippen LogP contribution in [0.4, 0.5) is 5.82 Å². The van der Waals surface area contributed by atoms with E-state index >= 15 is 0 Å². The van der Waals surface area contributed by atoms with E-state index in [0.29, 0.717) is 23.4 Å². The monoisotopic (exact) mass is 282 g/mol. The summed E-state index contributed by atoms with van der Waals surface area (Å²) in [5.74, 6) is 0.503. The minimum absolute atomic E-state index is 0.0356. The largest absolute Gasteiger partial charge is 0.316 e. The number of rotatable bonds is 4. The molecule has 0 radical (unpaired) electrons.